The number of phenols is 1. The Hall–Kier alpha value is -2.67. The number of carbonyl (C=O) groups is 2. The van der Waals surface area contributed by atoms with Gasteiger partial charge in [0.15, 0.2) is 0 Å². The molecule has 0 aliphatic carbocycles. The number of nitrogens with one attached hydrogen (secondary N) is 1. The van der Waals surface area contributed by atoms with Gasteiger partial charge in [0.2, 0.25) is 5.91 Å². The number of carboxylic acids is 1. The number of phenolic OH excluding ortho intramolecular Hbond substituents is 1. The van der Waals surface area contributed by atoms with Crippen LogP contribution in [0.15, 0.2) is 30.5 Å². The van der Waals surface area contributed by atoms with E-state index < -0.39 is 17.9 Å². The summed E-state index contributed by atoms with van der Waals surface area (Å²) in [7, 11) is 0. The molecule has 2 rings (SSSR count). The Morgan fingerprint density at radius 1 is 1.32 bits per heavy atom. The van der Waals surface area contributed by atoms with Crippen LogP contribution in [0.5, 0.6) is 5.75 Å². The molecule has 7 heteroatoms. The molecular weight excluding hydrogens is 286 g/mol. The predicted molar refractivity (Wildman–Crippen MR) is 80.1 cm³/mol. The number of carboxylic acid groups (broad SMARTS) is 1. The normalized spacial score (nSPS) is 12.0. The molecule has 1 amide bonds. The van der Waals surface area contributed by atoms with E-state index in [9.17, 15) is 14.7 Å². The van der Waals surface area contributed by atoms with E-state index in [2.05, 4.69) is 10.3 Å². The van der Waals surface area contributed by atoms with E-state index in [1.807, 2.05) is 0 Å². The molecule has 0 radical (unpaired) electrons. The molecule has 7 nitrogen and oxygen atoms in total. The van der Waals surface area contributed by atoms with Gasteiger partial charge < -0.3 is 21.3 Å². The first-order valence-electron chi connectivity index (χ1n) is 6.79. The fourth-order valence-corrected chi connectivity index (χ4v) is 2.09. The maximum absolute atomic E-state index is 11.8. The largest absolute Gasteiger partial charge is 0.506 e. The van der Waals surface area contributed by atoms with Crippen LogP contribution >= 0.6 is 0 Å². The van der Waals surface area contributed by atoms with E-state index in [-0.39, 0.29) is 25.1 Å². The van der Waals surface area contributed by atoms with Gasteiger partial charge in [0.05, 0.1) is 6.04 Å². The van der Waals surface area contributed by atoms with E-state index in [0.29, 0.717) is 5.52 Å². The average Bonchev–Trinajstić information content (AvgIpc) is 2.52. The standard InChI is InChI=1S/C15H17N3O4/c16-11(4-6-13(20)21)15(22)18-8-9-3-5-12(19)14-10(9)2-1-7-17-14/h1-3,5,7,11,19H,4,6,8,16H2,(H,18,22)(H,20,21). The van der Waals surface area contributed by atoms with Gasteiger partial charge in [0, 0.05) is 24.5 Å². The van der Waals surface area contributed by atoms with Gasteiger partial charge in [0.1, 0.15) is 11.3 Å². The minimum Gasteiger partial charge on any atom is -0.506 e. The molecule has 0 fully saturated rings. The van der Waals surface area contributed by atoms with Gasteiger partial charge >= 0.3 is 5.97 Å². The van der Waals surface area contributed by atoms with Crippen LogP contribution in [0.3, 0.4) is 0 Å². The molecular formula is C15H17N3O4. The van der Waals surface area contributed by atoms with Crippen molar-refractivity contribution in [1.82, 2.24) is 10.3 Å². The lowest BCUT2D eigenvalue weighted by Gasteiger charge is -2.12. The van der Waals surface area contributed by atoms with Crippen molar-refractivity contribution in [3.8, 4) is 5.75 Å². The van der Waals surface area contributed by atoms with Crippen LogP contribution in [0.1, 0.15) is 18.4 Å². The molecule has 0 saturated carbocycles. The SMILES string of the molecule is NC(CCC(=O)O)C(=O)NCc1ccc(O)c2ncccc12. The maximum atomic E-state index is 11.8. The maximum Gasteiger partial charge on any atom is 0.303 e. The van der Waals surface area contributed by atoms with Crippen molar-refractivity contribution in [3.05, 3.63) is 36.0 Å². The summed E-state index contributed by atoms with van der Waals surface area (Å²) in [6.45, 7) is 0.224. The van der Waals surface area contributed by atoms with Crippen molar-refractivity contribution in [2.45, 2.75) is 25.4 Å². The number of benzene rings is 1. The summed E-state index contributed by atoms with van der Waals surface area (Å²) in [4.78, 5) is 26.4. The fourth-order valence-electron chi connectivity index (χ4n) is 2.09. The molecule has 5 N–H and O–H groups in total. The first kappa shape index (κ1) is 15.7. The second-order valence-corrected chi connectivity index (χ2v) is 4.90. The molecule has 0 aliphatic rings. The summed E-state index contributed by atoms with van der Waals surface area (Å²) >= 11 is 0. The van der Waals surface area contributed by atoms with Gasteiger partial charge in [-0.15, -0.1) is 0 Å². The lowest BCUT2D eigenvalue weighted by atomic mass is 10.1. The molecule has 1 unspecified atom stereocenters. The van der Waals surface area contributed by atoms with Crippen LogP contribution < -0.4 is 11.1 Å². The van der Waals surface area contributed by atoms with Crippen LogP contribution in [0.2, 0.25) is 0 Å². The molecule has 0 saturated heterocycles. The number of hydrogen-bond acceptors (Lipinski definition) is 5. The zero-order valence-corrected chi connectivity index (χ0v) is 11.8. The lowest BCUT2D eigenvalue weighted by molar-refractivity contribution is -0.137. The summed E-state index contributed by atoms with van der Waals surface area (Å²) < 4.78 is 0. The predicted octanol–water partition coefficient (Wildman–Crippen LogP) is 0.749. The molecule has 0 spiro atoms. The van der Waals surface area contributed by atoms with Gasteiger partial charge in [-0.1, -0.05) is 12.1 Å². The Labute approximate surface area is 126 Å². The quantitative estimate of drug-likeness (QED) is 0.624. The highest BCUT2D eigenvalue weighted by Gasteiger charge is 2.15. The van der Waals surface area contributed by atoms with Crippen molar-refractivity contribution in [3.63, 3.8) is 0 Å². The fraction of sp³-hybridized carbons (Fsp3) is 0.267. The number of aliphatic carboxylic acids is 1. The topological polar surface area (TPSA) is 126 Å². The van der Waals surface area contributed by atoms with Crippen molar-refractivity contribution in [2.75, 3.05) is 0 Å². The van der Waals surface area contributed by atoms with E-state index in [4.69, 9.17) is 10.8 Å². The number of nitrogens with zero attached hydrogens (tertiary/aromatic N) is 1. The Bertz CT molecular complexity index is 702. The summed E-state index contributed by atoms with van der Waals surface area (Å²) in [6.07, 6.45) is 1.51. The van der Waals surface area contributed by atoms with E-state index in [0.717, 1.165) is 10.9 Å². The van der Waals surface area contributed by atoms with E-state index in [1.165, 1.54) is 6.07 Å². The van der Waals surface area contributed by atoms with Gasteiger partial charge in [-0.25, -0.2) is 0 Å². The summed E-state index contributed by atoms with van der Waals surface area (Å²) in [5, 5.41) is 21.7. The van der Waals surface area contributed by atoms with Crippen molar-refractivity contribution >= 4 is 22.8 Å². The van der Waals surface area contributed by atoms with Crippen LogP contribution in [0.25, 0.3) is 10.9 Å². The molecule has 1 atom stereocenters. The van der Waals surface area contributed by atoms with Crippen LogP contribution in [0.4, 0.5) is 0 Å². The third-order valence-electron chi connectivity index (χ3n) is 3.30. The second-order valence-electron chi connectivity index (χ2n) is 4.90. The Kier molecular flexibility index (Phi) is 4.90. The molecule has 0 bridgehead atoms. The summed E-state index contributed by atoms with van der Waals surface area (Å²) in [5.41, 5.74) is 6.89. The van der Waals surface area contributed by atoms with Crippen molar-refractivity contribution in [2.24, 2.45) is 5.73 Å². The number of nitrogens with two attached hydrogens (primary N) is 1. The number of amides is 1. The second kappa shape index (κ2) is 6.86. The molecule has 1 aromatic carbocycles. The number of aromatic nitrogens is 1. The minimum absolute atomic E-state index is 0.0730. The first-order valence-corrected chi connectivity index (χ1v) is 6.79. The number of carbonyl (C=O) groups excluding carboxylic acids is 1. The zero-order chi connectivity index (χ0) is 16.1. The Balaban J connectivity index is 2.04. The average molecular weight is 303 g/mol. The number of rotatable bonds is 6. The van der Waals surface area contributed by atoms with Crippen LogP contribution in [-0.4, -0.2) is 33.1 Å². The minimum atomic E-state index is -0.987. The summed E-state index contributed by atoms with van der Waals surface area (Å²) in [6, 6.07) is 5.89. The summed E-state index contributed by atoms with van der Waals surface area (Å²) in [5.74, 6) is -1.32. The number of hydrogen-bond donors (Lipinski definition) is 4. The van der Waals surface area contributed by atoms with Gasteiger partial charge in [-0.2, -0.15) is 0 Å². The zero-order valence-electron chi connectivity index (χ0n) is 11.8. The van der Waals surface area contributed by atoms with Crippen LogP contribution in [0, 0.1) is 0 Å². The van der Waals surface area contributed by atoms with Crippen LogP contribution in [-0.2, 0) is 16.1 Å². The molecule has 2 aromatic rings. The third kappa shape index (κ3) is 3.70. The van der Waals surface area contributed by atoms with Gasteiger partial charge in [-0.05, 0) is 24.1 Å². The van der Waals surface area contributed by atoms with Crippen molar-refractivity contribution in [1.29, 1.82) is 0 Å². The number of aromatic hydroxyl groups is 1. The Morgan fingerprint density at radius 2 is 2.09 bits per heavy atom. The van der Waals surface area contributed by atoms with E-state index >= 15 is 0 Å². The number of fused-ring (bicyclic) bond motifs is 1. The molecule has 0 aliphatic heterocycles. The molecule has 1 heterocycles. The van der Waals surface area contributed by atoms with Gasteiger partial charge in [0.25, 0.3) is 0 Å². The Morgan fingerprint density at radius 3 is 2.82 bits per heavy atom. The lowest BCUT2D eigenvalue weighted by Crippen LogP contribution is -2.40. The smallest absolute Gasteiger partial charge is 0.303 e. The van der Waals surface area contributed by atoms with Gasteiger partial charge in [-0.3, -0.25) is 14.6 Å². The number of pyridine rings is 1. The highest BCUT2D eigenvalue weighted by Crippen LogP contribution is 2.25. The monoisotopic (exact) mass is 303 g/mol. The first-order chi connectivity index (χ1) is 10.5. The third-order valence-corrected chi connectivity index (χ3v) is 3.30. The van der Waals surface area contributed by atoms with Crippen molar-refractivity contribution < 1.29 is 19.8 Å². The highest BCUT2D eigenvalue weighted by atomic mass is 16.4. The molecule has 116 valence electrons. The highest BCUT2D eigenvalue weighted by molar-refractivity contribution is 5.88. The van der Waals surface area contributed by atoms with E-state index in [1.54, 1.807) is 24.4 Å². The molecule has 1 aromatic heterocycles. The molecule has 22 heavy (non-hydrogen) atoms.